The van der Waals surface area contributed by atoms with E-state index in [0.717, 1.165) is 4.91 Å². The number of allylic oxidation sites excluding steroid dienone is 2. The van der Waals surface area contributed by atoms with Gasteiger partial charge >= 0.3 is 0 Å². The molecule has 1 aromatic carbocycles. The molecule has 0 aliphatic rings. The van der Waals surface area contributed by atoms with E-state index in [1.54, 1.807) is 18.0 Å². The fourth-order valence-electron chi connectivity index (χ4n) is 1.10. The number of aryl methyl sites for hydroxylation is 1. The lowest BCUT2D eigenvalue weighted by Gasteiger charge is -2.02. The molecule has 0 aromatic heterocycles. The number of thioether (sulfide) groups is 1. The van der Waals surface area contributed by atoms with Gasteiger partial charge in [-0.1, -0.05) is 35.5 Å². The van der Waals surface area contributed by atoms with Gasteiger partial charge in [0.2, 0.25) is 0 Å². The summed E-state index contributed by atoms with van der Waals surface area (Å²) in [4.78, 5) is 2.41. The SMILES string of the molecule is C/C=C(\C=C/N)Sc1cccc(C)c1. The first-order valence-corrected chi connectivity index (χ1v) is 5.37. The summed E-state index contributed by atoms with van der Waals surface area (Å²) in [6, 6.07) is 8.43. The van der Waals surface area contributed by atoms with Crippen LogP contribution in [0.3, 0.4) is 0 Å². The Labute approximate surface area is 89.7 Å². The summed E-state index contributed by atoms with van der Waals surface area (Å²) in [5.41, 5.74) is 6.63. The maximum absolute atomic E-state index is 5.35. The molecule has 0 heterocycles. The van der Waals surface area contributed by atoms with Crippen molar-refractivity contribution in [1.29, 1.82) is 0 Å². The molecule has 1 rings (SSSR count). The Morgan fingerprint density at radius 2 is 2.21 bits per heavy atom. The third-order valence-electron chi connectivity index (χ3n) is 1.77. The third-order valence-corrected chi connectivity index (χ3v) is 2.87. The number of rotatable bonds is 3. The minimum Gasteiger partial charge on any atom is -0.405 e. The molecule has 0 radical (unpaired) electrons. The molecule has 0 fully saturated rings. The van der Waals surface area contributed by atoms with Crippen molar-refractivity contribution in [3.8, 4) is 0 Å². The van der Waals surface area contributed by atoms with Crippen molar-refractivity contribution in [2.75, 3.05) is 0 Å². The minimum atomic E-state index is 1.16. The van der Waals surface area contributed by atoms with Crippen LogP contribution < -0.4 is 5.73 Å². The maximum atomic E-state index is 5.35. The lowest BCUT2D eigenvalue weighted by Crippen LogP contribution is -1.79. The lowest BCUT2D eigenvalue weighted by molar-refractivity contribution is 1.36. The van der Waals surface area contributed by atoms with Gasteiger partial charge in [0.15, 0.2) is 0 Å². The minimum absolute atomic E-state index is 1.16. The van der Waals surface area contributed by atoms with E-state index in [-0.39, 0.29) is 0 Å². The normalized spacial score (nSPS) is 12.3. The molecule has 0 saturated heterocycles. The van der Waals surface area contributed by atoms with E-state index in [9.17, 15) is 0 Å². The largest absolute Gasteiger partial charge is 0.405 e. The molecule has 74 valence electrons. The van der Waals surface area contributed by atoms with E-state index < -0.39 is 0 Å². The van der Waals surface area contributed by atoms with Gasteiger partial charge in [0, 0.05) is 9.80 Å². The van der Waals surface area contributed by atoms with E-state index in [1.807, 2.05) is 13.0 Å². The molecule has 2 heteroatoms. The highest BCUT2D eigenvalue weighted by atomic mass is 32.2. The average molecular weight is 205 g/mol. The molecule has 0 unspecified atom stereocenters. The quantitative estimate of drug-likeness (QED) is 0.604. The summed E-state index contributed by atoms with van der Waals surface area (Å²) in [7, 11) is 0. The standard InChI is InChI=1S/C12H15NS/c1-3-11(7-8-13)14-12-6-4-5-10(2)9-12/h3-9H,13H2,1-2H3/b8-7-,11-3+. The van der Waals surface area contributed by atoms with Crippen LogP contribution in [0.5, 0.6) is 0 Å². The fourth-order valence-corrected chi connectivity index (χ4v) is 2.03. The van der Waals surface area contributed by atoms with Crippen LogP contribution in [0.15, 0.2) is 52.4 Å². The Morgan fingerprint density at radius 1 is 1.43 bits per heavy atom. The second kappa shape index (κ2) is 5.55. The summed E-state index contributed by atoms with van der Waals surface area (Å²) < 4.78 is 0. The molecule has 0 bridgehead atoms. The zero-order valence-electron chi connectivity index (χ0n) is 8.53. The van der Waals surface area contributed by atoms with E-state index in [2.05, 4.69) is 37.3 Å². The van der Waals surface area contributed by atoms with Gasteiger partial charge in [-0.15, -0.1) is 0 Å². The van der Waals surface area contributed by atoms with Crippen LogP contribution in [-0.2, 0) is 0 Å². The Hall–Kier alpha value is -1.15. The number of benzene rings is 1. The Balaban J connectivity index is 2.77. The van der Waals surface area contributed by atoms with Gasteiger partial charge in [-0.25, -0.2) is 0 Å². The van der Waals surface area contributed by atoms with Gasteiger partial charge in [0.1, 0.15) is 0 Å². The molecule has 1 aromatic rings. The van der Waals surface area contributed by atoms with Crippen molar-refractivity contribution in [1.82, 2.24) is 0 Å². The molecule has 0 atom stereocenters. The van der Waals surface area contributed by atoms with E-state index >= 15 is 0 Å². The van der Waals surface area contributed by atoms with E-state index in [1.165, 1.54) is 10.5 Å². The van der Waals surface area contributed by atoms with Crippen LogP contribution in [-0.4, -0.2) is 0 Å². The summed E-state index contributed by atoms with van der Waals surface area (Å²) in [6.45, 7) is 4.11. The van der Waals surface area contributed by atoms with E-state index in [4.69, 9.17) is 5.73 Å². The average Bonchev–Trinajstić information content (AvgIpc) is 2.17. The van der Waals surface area contributed by atoms with Crippen molar-refractivity contribution < 1.29 is 0 Å². The van der Waals surface area contributed by atoms with Gasteiger partial charge in [0.25, 0.3) is 0 Å². The summed E-state index contributed by atoms with van der Waals surface area (Å²) in [5.74, 6) is 0. The zero-order chi connectivity index (χ0) is 10.4. The molecule has 0 spiro atoms. The molecular weight excluding hydrogens is 190 g/mol. The fraction of sp³-hybridized carbons (Fsp3) is 0.167. The van der Waals surface area contributed by atoms with Gasteiger partial charge in [-0.2, -0.15) is 0 Å². The van der Waals surface area contributed by atoms with Gasteiger partial charge < -0.3 is 5.73 Å². The molecule has 0 aliphatic heterocycles. The highest BCUT2D eigenvalue weighted by Crippen LogP contribution is 2.27. The molecule has 1 nitrogen and oxygen atoms in total. The van der Waals surface area contributed by atoms with Crippen molar-refractivity contribution in [3.05, 3.63) is 53.1 Å². The van der Waals surface area contributed by atoms with Crippen LogP contribution in [0.1, 0.15) is 12.5 Å². The predicted octanol–water partition coefficient (Wildman–Crippen LogP) is 3.46. The molecule has 14 heavy (non-hydrogen) atoms. The predicted molar refractivity (Wildman–Crippen MR) is 64.1 cm³/mol. The van der Waals surface area contributed by atoms with Crippen molar-refractivity contribution in [3.63, 3.8) is 0 Å². The van der Waals surface area contributed by atoms with Gasteiger partial charge in [0.05, 0.1) is 0 Å². The van der Waals surface area contributed by atoms with Crippen LogP contribution in [0.4, 0.5) is 0 Å². The third kappa shape index (κ3) is 3.30. The molecule has 0 amide bonds. The highest BCUT2D eigenvalue weighted by Gasteiger charge is 1.96. The first-order valence-electron chi connectivity index (χ1n) is 4.55. The maximum Gasteiger partial charge on any atom is 0.0124 e. The Bertz CT molecular complexity index is 353. The number of hydrogen-bond donors (Lipinski definition) is 1. The molecular formula is C12H15NS. The van der Waals surface area contributed by atoms with Crippen molar-refractivity contribution in [2.45, 2.75) is 18.7 Å². The van der Waals surface area contributed by atoms with Crippen LogP contribution in [0.2, 0.25) is 0 Å². The van der Waals surface area contributed by atoms with Crippen molar-refractivity contribution in [2.24, 2.45) is 5.73 Å². The Morgan fingerprint density at radius 3 is 2.79 bits per heavy atom. The monoisotopic (exact) mass is 205 g/mol. The zero-order valence-corrected chi connectivity index (χ0v) is 9.34. The molecule has 2 N–H and O–H groups in total. The number of nitrogens with two attached hydrogens (primary N) is 1. The first kappa shape index (κ1) is 10.9. The Kier molecular flexibility index (Phi) is 4.33. The van der Waals surface area contributed by atoms with Crippen LogP contribution in [0, 0.1) is 6.92 Å². The molecule has 0 saturated carbocycles. The number of hydrogen-bond acceptors (Lipinski definition) is 2. The second-order valence-corrected chi connectivity index (χ2v) is 4.12. The molecule has 0 aliphatic carbocycles. The summed E-state index contributed by atoms with van der Waals surface area (Å²) in [5, 5.41) is 0. The summed E-state index contributed by atoms with van der Waals surface area (Å²) in [6.07, 6.45) is 5.53. The van der Waals surface area contributed by atoms with Crippen LogP contribution >= 0.6 is 11.8 Å². The topological polar surface area (TPSA) is 26.0 Å². The van der Waals surface area contributed by atoms with Crippen LogP contribution in [0.25, 0.3) is 0 Å². The van der Waals surface area contributed by atoms with Crippen molar-refractivity contribution >= 4 is 11.8 Å². The van der Waals surface area contributed by atoms with Gasteiger partial charge in [-0.3, -0.25) is 0 Å². The summed E-state index contributed by atoms with van der Waals surface area (Å²) >= 11 is 1.72. The second-order valence-electron chi connectivity index (χ2n) is 2.97. The van der Waals surface area contributed by atoms with E-state index in [0.29, 0.717) is 0 Å². The lowest BCUT2D eigenvalue weighted by atomic mass is 10.2. The first-order chi connectivity index (χ1) is 6.76. The van der Waals surface area contributed by atoms with Gasteiger partial charge in [-0.05, 0) is 38.3 Å². The highest BCUT2D eigenvalue weighted by molar-refractivity contribution is 8.03. The smallest absolute Gasteiger partial charge is 0.0124 e.